The number of rotatable bonds is 2. The quantitative estimate of drug-likeness (QED) is 0.858. The van der Waals surface area contributed by atoms with Crippen LogP contribution in [0.15, 0.2) is 18.2 Å². The van der Waals surface area contributed by atoms with Crippen molar-refractivity contribution in [2.75, 3.05) is 18.0 Å². The SMILES string of the molecule is NC1CCN(c2n[nH]c(-c3ccc(F)c(F)c3)n2)C1. The minimum absolute atomic E-state index is 0.130. The number of hydrogen-bond donors (Lipinski definition) is 2. The van der Waals surface area contributed by atoms with E-state index >= 15 is 0 Å². The molecule has 0 saturated carbocycles. The van der Waals surface area contributed by atoms with Crippen LogP contribution in [0.25, 0.3) is 11.4 Å². The van der Waals surface area contributed by atoms with E-state index in [1.54, 1.807) is 0 Å². The van der Waals surface area contributed by atoms with Gasteiger partial charge in [0, 0.05) is 24.7 Å². The van der Waals surface area contributed by atoms with E-state index in [1.165, 1.54) is 6.07 Å². The molecule has 100 valence electrons. The zero-order valence-corrected chi connectivity index (χ0v) is 10.1. The Morgan fingerprint density at radius 2 is 2.16 bits per heavy atom. The fourth-order valence-corrected chi connectivity index (χ4v) is 2.14. The predicted octanol–water partition coefficient (Wildman–Crippen LogP) is 1.29. The van der Waals surface area contributed by atoms with Crippen LogP contribution in [0.2, 0.25) is 0 Å². The highest BCUT2D eigenvalue weighted by Gasteiger charge is 2.22. The first-order valence-corrected chi connectivity index (χ1v) is 6.02. The van der Waals surface area contributed by atoms with Crippen molar-refractivity contribution >= 4 is 5.95 Å². The van der Waals surface area contributed by atoms with Gasteiger partial charge in [-0.2, -0.15) is 4.98 Å². The Morgan fingerprint density at radius 3 is 2.84 bits per heavy atom. The molecule has 1 unspecified atom stereocenters. The lowest BCUT2D eigenvalue weighted by atomic mass is 10.2. The molecule has 7 heteroatoms. The summed E-state index contributed by atoms with van der Waals surface area (Å²) < 4.78 is 26.0. The maximum Gasteiger partial charge on any atom is 0.245 e. The van der Waals surface area contributed by atoms with Gasteiger partial charge in [0.2, 0.25) is 5.95 Å². The number of aromatic nitrogens is 3. The van der Waals surface area contributed by atoms with Gasteiger partial charge in [-0.05, 0) is 24.6 Å². The van der Waals surface area contributed by atoms with E-state index < -0.39 is 11.6 Å². The van der Waals surface area contributed by atoms with Crippen LogP contribution in [0.4, 0.5) is 14.7 Å². The molecule has 1 aromatic heterocycles. The Labute approximate surface area is 108 Å². The van der Waals surface area contributed by atoms with Crippen LogP contribution in [0, 0.1) is 11.6 Å². The van der Waals surface area contributed by atoms with Gasteiger partial charge in [-0.25, -0.2) is 8.78 Å². The molecule has 1 aliphatic rings. The van der Waals surface area contributed by atoms with E-state index in [0.717, 1.165) is 25.1 Å². The lowest BCUT2D eigenvalue weighted by molar-refractivity contribution is 0.509. The highest BCUT2D eigenvalue weighted by molar-refractivity contribution is 5.56. The topological polar surface area (TPSA) is 70.8 Å². The molecule has 3 rings (SSSR count). The summed E-state index contributed by atoms with van der Waals surface area (Å²) in [6, 6.07) is 3.75. The van der Waals surface area contributed by atoms with Gasteiger partial charge < -0.3 is 10.6 Å². The largest absolute Gasteiger partial charge is 0.338 e. The molecule has 1 aliphatic heterocycles. The average Bonchev–Trinajstić information content (AvgIpc) is 3.01. The molecular formula is C12H13F2N5. The van der Waals surface area contributed by atoms with Crippen LogP contribution in [0.1, 0.15) is 6.42 Å². The summed E-state index contributed by atoms with van der Waals surface area (Å²) >= 11 is 0. The standard InChI is InChI=1S/C12H13F2N5/c13-9-2-1-7(5-10(9)14)11-16-12(18-17-11)19-4-3-8(15)6-19/h1-2,5,8H,3-4,6,15H2,(H,16,17,18). The third kappa shape index (κ3) is 2.28. The van der Waals surface area contributed by atoms with Crippen molar-refractivity contribution in [3.63, 3.8) is 0 Å². The van der Waals surface area contributed by atoms with Crippen molar-refractivity contribution in [2.24, 2.45) is 5.73 Å². The van der Waals surface area contributed by atoms with Gasteiger partial charge in [-0.15, -0.1) is 5.10 Å². The summed E-state index contributed by atoms with van der Waals surface area (Å²) in [5, 5.41) is 6.81. The first-order chi connectivity index (χ1) is 9.13. The Kier molecular flexibility index (Phi) is 2.90. The second-order valence-electron chi connectivity index (χ2n) is 4.61. The van der Waals surface area contributed by atoms with Crippen LogP contribution >= 0.6 is 0 Å². The van der Waals surface area contributed by atoms with E-state index in [0.29, 0.717) is 23.9 Å². The molecule has 3 N–H and O–H groups in total. The average molecular weight is 265 g/mol. The first-order valence-electron chi connectivity index (χ1n) is 6.02. The Morgan fingerprint density at radius 1 is 1.32 bits per heavy atom. The molecule has 0 amide bonds. The van der Waals surface area contributed by atoms with Crippen molar-refractivity contribution in [1.29, 1.82) is 0 Å². The number of nitrogens with two attached hydrogens (primary N) is 1. The molecule has 19 heavy (non-hydrogen) atoms. The van der Waals surface area contributed by atoms with Crippen molar-refractivity contribution in [3.8, 4) is 11.4 Å². The number of nitrogens with zero attached hydrogens (tertiary/aromatic N) is 3. The van der Waals surface area contributed by atoms with Crippen molar-refractivity contribution in [2.45, 2.75) is 12.5 Å². The van der Waals surface area contributed by atoms with Crippen LogP contribution in [0.5, 0.6) is 0 Å². The van der Waals surface area contributed by atoms with E-state index in [-0.39, 0.29) is 6.04 Å². The minimum atomic E-state index is -0.904. The molecule has 1 atom stereocenters. The van der Waals surface area contributed by atoms with E-state index in [9.17, 15) is 8.78 Å². The first kappa shape index (κ1) is 12.0. The fraction of sp³-hybridized carbons (Fsp3) is 0.333. The van der Waals surface area contributed by atoms with Crippen LogP contribution < -0.4 is 10.6 Å². The summed E-state index contributed by atoms with van der Waals surface area (Å²) in [4.78, 5) is 6.25. The molecule has 0 aliphatic carbocycles. The van der Waals surface area contributed by atoms with E-state index in [1.807, 2.05) is 4.90 Å². The van der Waals surface area contributed by atoms with E-state index in [4.69, 9.17) is 5.73 Å². The minimum Gasteiger partial charge on any atom is -0.338 e. The number of H-pyrrole nitrogens is 1. The van der Waals surface area contributed by atoms with Crippen LogP contribution in [-0.2, 0) is 0 Å². The zero-order chi connectivity index (χ0) is 13.4. The number of halogens is 2. The van der Waals surface area contributed by atoms with Gasteiger partial charge in [-0.3, -0.25) is 5.10 Å². The second-order valence-corrected chi connectivity index (χ2v) is 4.61. The van der Waals surface area contributed by atoms with Gasteiger partial charge in [0.25, 0.3) is 0 Å². The fourth-order valence-electron chi connectivity index (χ4n) is 2.14. The number of hydrogen-bond acceptors (Lipinski definition) is 4. The van der Waals surface area contributed by atoms with Crippen molar-refractivity contribution in [1.82, 2.24) is 15.2 Å². The Hall–Kier alpha value is -2.02. The molecule has 0 bridgehead atoms. The van der Waals surface area contributed by atoms with Crippen LogP contribution in [0.3, 0.4) is 0 Å². The molecule has 0 spiro atoms. The molecule has 2 aromatic rings. The van der Waals surface area contributed by atoms with Gasteiger partial charge in [0.05, 0.1) is 0 Å². The lowest BCUT2D eigenvalue weighted by Gasteiger charge is -2.11. The number of nitrogens with one attached hydrogen (secondary N) is 1. The van der Waals surface area contributed by atoms with Crippen molar-refractivity contribution < 1.29 is 8.78 Å². The molecule has 0 radical (unpaired) electrons. The maximum atomic E-state index is 13.2. The van der Waals surface area contributed by atoms with Gasteiger partial charge >= 0.3 is 0 Å². The molecule has 2 heterocycles. The van der Waals surface area contributed by atoms with Crippen molar-refractivity contribution in [3.05, 3.63) is 29.8 Å². The Balaban J connectivity index is 1.86. The smallest absolute Gasteiger partial charge is 0.245 e. The summed E-state index contributed by atoms with van der Waals surface area (Å²) in [6.07, 6.45) is 0.898. The van der Waals surface area contributed by atoms with Gasteiger partial charge in [0.1, 0.15) is 0 Å². The predicted molar refractivity (Wildman–Crippen MR) is 66.5 cm³/mol. The second kappa shape index (κ2) is 4.58. The maximum absolute atomic E-state index is 13.2. The summed E-state index contributed by atoms with van der Waals surface area (Å²) in [7, 11) is 0. The van der Waals surface area contributed by atoms with Gasteiger partial charge in [0.15, 0.2) is 17.5 Å². The Bertz CT molecular complexity index is 598. The monoisotopic (exact) mass is 265 g/mol. The normalized spacial score (nSPS) is 19.1. The molecule has 5 nitrogen and oxygen atoms in total. The molecule has 1 fully saturated rings. The highest BCUT2D eigenvalue weighted by atomic mass is 19.2. The van der Waals surface area contributed by atoms with Crippen LogP contribution in [-0.4, -0.2) is 34.3 Å². The summed E-state index contributed by atoms with van der Waals surface area (Å²) in [5.74, 6) is -0.838. The highest BCUT2D eigenvalue weighted by Crippen LogP contribution is 2.21. The lowest BCUT2D eigenvalue weighted by Crippen LogP contribution is -2.26. The molecule has 1 saturated heterocycles. The molecular weight excluding hydrogens is 252 g/mol. The number of anilines is 1. The third-order valence-electron chi connectivity index (χ3n) is 3.17. The van der Waals surface area contributed by atoms with Gasteiger partial charge in [-0.1, -0.05) is 0 Å². The number of benzene rings is 1. The zero-order valence-electron chi connectivity index (χ0n) is 10.1. The number of aromatic amines is 1. The third-order valence-corrected chi connectivity index (χ3v) is 3.17. The summed E-state index contributed by atoms with van der Waals surface area (Å²) in [6.45, 7) is 1.51. The molecule has 1 aromatic carbocycles. The van der Waals surface area contributed by atoms with E-state index in [2.05, 4.69) is 15.2 Å². The summed E-state index contributed by atoms with van der Waals surface area (Å²) in [5.41, 5.74) is 6.28.